The second-order valence-electron chi connectivity index (χ2n) is 31.8. The summed E-state index contributed by atoms with van der Waals surface area (Å²) >= 11 is 0. The van der Waals surface area contributed by atoms with E-state index in [1.807, 2.05) is 116 Å². The molecule has 9 aromatic heterocycles. The second kappa shape index (κ2) is 34.7. The number of hydrogen-bond acceptors (Lipinski definition) is 16. The number of benzene rings is 11. The van der Waals surface area contributed by atoms with E-state index in [1.165, 1.54) is 42.0 Å². The molecule has 0 aliphatic heterocycles. The van der Waals surface area contributed by atoms with E-state index in [1.54, 1.807) is 14.2 Å². The Morgan fingerprint density at radius 3 is 1.30 bits per heavy atom. The van der Waals surface area contributed by atoms with Crippen LogP contribution in [-0.4, -0.2) is 125 Å². The number of rotatable bonds is 23. The highest BCUT2D eigenvalue weighted by atomic mass is 16.5. The molecule has 122 heavy (non-hydrogen) atoms. The molecular weight excluding hydrogens is 1520 g/mol. The predicted molar refractivity (Wildman–Crippen MR) is 487 cm³/mol. The number of ether oxygens (including phenoxy) is 2. The number of aliphatic hydroxyl groups is 2. The molecule has 2 fully saturated rings. The van der Waals surface area contributed by atoms with Crippen molar-refractivity contribution in [2.75, 3.05) is 40.5 Å². The first-order chi connectivity index (χ1) is 60.1. The smallest absolute Gasteiger partial charge is 0.159 e. The molecule has 22 rings (SSSR count). The zero-order valence-electron chi connectivity index (χ0n) is 68.0. The number of aromatic nitrogens is 15. The van der Waals surface area contributed by atoms with Gasteiger partial charge in [-0.3, -0.25) is 29.4 Å². The molecule has 606 valence electrons. The number of H-pyrrole nitrogens is 4. The Morgan fingerprint density at radius 2 is 0.861 bits per heavy atom. The monoisotopic (exact) mass is 1610 g/mol. The summed E-state index contributed by atoms with van der Waals surface area (Å²) in [6.45, 7) is 7.57. The lowest BCUT2D eigenvalue weighted by Gasteiger charge is -2.09. The lowest BCUT2D eigenvalue weighted by Crippen LogP contribution is -2.22. The van der Waals surface area contributed by atoms with Gasteiger partial charge in [-0.15, -0.1) is 0 Å². The average molecular weight is 1610 g/mol. The summed E-state index contributed by atoms with van der Waals surface area (Å²) in [4.78, 5) is 38.9. The number of fused-ring (bicyclic) bond motifs is 9. The third-order valence-corrected chi connectivity index (χ3v) is 23.2. The number of methoxy groups -OCH3 is 2. The summed E-state index contributed by atoms with van der Waals surface area (Å²) in [5.41, 5.74) is 28.0. The van der Waals surface area contributed by atoms with Crippen LogP contribution in [0.15, 0.2) is 268 Å². The fourth-order valence-electron chi connectivity index (χ4n) is 16.1. The van der Waals surface area contributed by atoms with Crippen molar-refractivity contribution in [3.05, 3.63) is 296 Å². The lowest BCUT2D eigenvalue weighted by molar-refractivity contribution is 0.233. The van der Waals surface area contributed by atoms with Gasteiger partial charge in [0, 0.05) is 118 Å². The Balaban J connectivity index is 0.000000117. The van der Waals surface area contributed by atoms with Gasteiger partial charge in [-0.25, -0.2) is 15.0 Å². The molecule has 2 saturated carbocycles. The maximum absolute atomic E-state index is 9.85. The third-order valence-electron chi connectivity index (χ3n) is 23.2. The van der Waals surface area contributed by atoms with Crippen molar-refractivity contribution in [2.45, 2.75) is 65.4 Å². The van der Waals surface area contributed by atoms with Gasteiger partial charge in [0.2, 0.25) is 0 Å². The first-order valence-electron chi connectivity index (χ1n) is 41.6. The van der Waals surface area contributed by atoms with E-state index < -0.39 is 0 Å². The van der Waals surface area contributed by atoms with E-state index >= 15 is 0 Å². The minimum absolute atomic E-state index is 0.0769. The molecule has 0 radical (unpaired) electrons. The van der Waals surface area contributed by atoms with E-state index in [0.717, 1.165) is 221 Å². The van der Waals surface area contributed by atoms with Crippen molar-refractivity contribution in [1.29, 1.82) is 0 Å². The van der Waals surface area contributed by atoms with Crippen LogP contribution in [0.3, 0.4) is 0 Å². The van der Waals surface area contributed by atoms with Crippen LogP contribution in [0.5, 0.6) is 11.5 Å². The first-order valence-corrected chi connectivity index (χ1v) is 41.6. The zero-order valence-corrected chi connectivity index (χ0v) is 68.0. The van der Waals surface area contributed by atoms with Crippen LogP contribution in [0, 0.1) is 17.8 Å². The molecule has 0 bridgehead atoms. The van der Waals surface area contributed by atoms with Crippen LogP contribution >= 0.6 is 0 Å². The highest BCUT2D eigenvalue weighted by molar-refractivity contribution is 6.05. The summed E-state index contributed by atoms with van der Waals surface area (Å²) in [5.74, 6) is 5.79. The molecule has 0 amide bonds. The van der Waals surface area contributed by atoms with Gasteiger partial charge in [0.25, 0.3) is 0 Å². The number of nitrogens with zero attached hydrogens (tertiary/aromatic N) is 11. The van der Waals surface area contributed by atoms with E-state index in [9.17, 15) is 10.2 Å². The number of para-hydroxylation sites is 3. The molecular formula is C100H92N18O4. The van der Waals surface area contributed by atoms with Gasteiger partial charge < -0.3 is 51.0 Å². The number of nitrogens with one attached hydrogen (secondary N) is 6. The Labute approximate surface area is 703 Å². The van der Waals surface area contributed by atoms with Crippen molar-refractivity contribution in [3.63, 3.8) is 0 Å². The lowest BCUT2D eigenvalue weighted by atomic mass is 9.99. The second-order valence-corrected chi connectivity index (χ2v) is 31.8. The Hall–Kier alpha value is -14.1. The Bertz CT molecular complexity index is 7140. The summed E-state index contributed by atoms with van der Waals surface area (Å²) in [5, 5.41) is 54.0. The number of aromatic amines is 4. The highest BCUT2D eigenvalue weighted by Crippen LogP contribution is 2.40. The van der Waals surface area contributed by atoms with Crippen LogP contribution in [0.2, 0.25) is 0 Å². The third kappa shape index (κ3) is 16.3. The number of pyridine rings is 3. The van der Waals surface area contributed by atoms with E-state index in [-0.39, 0.29) is 19.1 Å². The van der Waals surface area contributed by atoms with Crippen LogP contribution in [0.25, 0.3) is 166 Å². The summed E-state index contributed by atoms with van der Waals surface area (Å²) in [6, 6.07) is 78.8. The van der Waals surface area contributed by atoms with Crippen LogP contribution < -0.4 is 25.8 Å². The van der Waals surface area contributed by atoms with Gasteiger partial charge in [0.05, 0.1) is 83.6 Å². The largest absolute Gasteiger partial charge is 0.497 e. The van der Waals surface area contributed by atoms with Gasteiger partial charge in [0.15, 0.2) is 17.5 Å². The molecule has 2 aliphatic carbocycles. The van der Waals surface area contributed by atoms with Crippen molar-refractivity contribution < 1.29 is 19.7 Å². The predicted octanol–water partition coefficient (Wildman–Crippen LogP) is 19.1. The van der Waals surface area contributed by atoms with Gasteiger partial charge in [-0.1, -0.05) is 159 Å². The van der Waals surface area contributed by atoms with E-state index in [2.05, 4.69) is 219 Å². The summed E-state index contributed by atoms with van der Waals surface area (Å²) < 4.78 is 14.8. The standard InChI is InChI=1S/C36H32N6O.C32H25N5O2.C28H26N6O.C4H9N/c1-43-28-14-11-24(12-15-28)22-42-33-16-13-25(31-21-38-19-26-5-2-3-7-29(26)31)17-30(33)35(41-42)36-39-32-8-4-6-27(34(32)40-36)20-37-18-23-9-10-23;1-39-24-12-9-20(10-13-24)18-37-29-14-11-21(27-17-33-16-22-5-2-3-7-25(22)27)15-26(29)31(36-37)32-34-28-8-4-6-23(19-38)30(28)35-32;1-17(16-35)12-29-14-20-6-4-8-25-26(20)32-28(31-25)27-22-11-18(9-10-24(22)33-34-27)23-15-30-13-19-5-2-3-7-21(19)23;5-3-4-1-2-4/h2-8,11-17,19,21,23,37H,9-10,18,20,22H2,1H3,(H,39,40);2-17,38H,18-19H2,1H3,(H,34,35);2-11,13,15,17,29,35H,12,14,16H2,1H3,(H,31,32)(H,33,34);4H,1-3,5H2. The van der Waals surface area contributed by atoms with Crippen molar-refractivity contribution >= 4 is 98.1 Å². The quantitative estimate of drug-likeness (QED) is 0.0288. The van der Waals surface area contributed by atoms with Crippen LogP contribution in [-0.2, 0) is 32.8 Å². The topological polar surface area (TPSA) is 298 Å². The number of aliphatic hydroxyl groups excluding tert-OH is 2. The zero-order chi connectivity index (χ0) is 82.6. The van der Waals surface area contributed by atoms with Gasteiger partial charge in [-0.2, -0.15) is 15.3 Å². The van der Waals surface area contributed by atoms with Crippen molar-refractivity contribution in [3.8, 4) is 79.4 Å². The maximum Gasteiger partial charge on any atom is 0.159 e. The van der Waals surface area contributed by atoms with Crippen LogP contribution in [0.1, 0.15) is 60.4 Å². The molecule has 20 aromatic rings. The van der Waals surface area contributed by atoms with Gasteiger partial charge in [-0.05, 0) is 190 Å². The van der Waals surface area contributed by atoms with Crippen LogP contribution in [0.4, 0.5) is 0 Å². The molecule has 1 unspecified atom stereocenters. The highest BCUT2D eigenvalue weighted by Gasteiger charge is 2.25. The fourth-order valence-corrected chi connectivity index (χ4v) is 16.1. The number of imidazole rings is 3. The Morgan fingerprint density at radius 1 is 0.434 bits per heavy atom. The maximum atomic E-state index is 9.85. The minimum atomic E-state index is -0.0769. The summed E-state index contributed by atoms with van der Waals surface area (Å²) in [7, 11) is 3.36. The molecule has 9 heterocycles. The average Bonchev–Trinajstić information content (AvgIpc) is 1.63. The molecule has 2 aliphatic rings. The molecule has 1 atom stereocenters. The molecule has 10 N–H and O–H groups in total. The molecule has 0 spiro atoms. The molecule has 11 aromatic carbocycles. The minimum Gasteiger partial charge on any atom is -0.497 e. The Kier molecular flexibility index (Phi) is 22.1. The normalized spacial score (nSPS) is 13.0. The van der Waals surface area contributed by atoms with E-state index in [0.29, 0.717) is 25.5 Å². The first kappa shape index (κ1) is 77.8. The molecule has 0 saturated heterocycles. The molecule has 22 nitrogen and oxygen atoms in total. The number of hydrogen-bond donors (Lipinski definition) is 9. The fraction of sp³-hybridized carbons (Fsp3) is 0.190. The van der Waals surface area contributed by atoms with Crippen molar-refractivity contribution in [2.24, 2.45) is 23.5 Å². The van der Waals surface area contributed by atoms with Crippen molar-refractivity contribution in [1.82, 2.24) is 85.2 Å². The molecule has 22 heteroatoms. The summed E-state index contributed by atoms with van der Waals surface area (Å²) in [6.07, 6.45) is 16.9. The van der Waals surface area contributed by atoms with E-state index in [4.69, 9.17) is 40.4 Å². The number of nitrogens with two attached hydrogens (primary N) is 1. The van der Waals surface area contributed by atoms with Gasteiger partial charge in [0.1, 0.15) is 28.6 Å². The SMILES string of the molecule is CC(CO)CNCc1cccc2[nH]c(-c3n[nH]c4ccc(-c5cncc6ccccc56)cc34)nc12.COc1ccc(Cn2nc(-c3nc4c(CNCC5CC5)cccc4[nH]3)c3cc(-c4cncc5ccccc45)ccc32)cc1.COc1ccc(Cn2nc(-c3nc4c(CO)cccc4[nH]3)c3cc(-c4cncc5ccccc45)ccc32)cc1.NCC1CC1. The van der Waals surface area contributed by atoms with Gasteiger partial charge >= 0.3 is 0 Å².